The van der Waals surface area contributed by atoms with Crippen LogP contribution in [0.4, 0.5) is 0 Å². The molecule has 0 bridgehead atoms. The standard InChI is InChI=1S/C53H105N2O6P/c1-6-8-10-12-14-16-17-18-19-20-21-22-23-24-25-26-27-28-29-30-31-32-33-34-35-36-37-39-41-43-45-47-53(57)54-51(50-61-62(58,59)60-49-48-55(3,4)5)52(56)46-44-42-40-38-15-13-11-9-7-2/h21-22,24-25,51-52,56H,6-20,23,26-50H2,1-5H3,(H-,54,57,58,59)/b22-21-,25-24-. The summed E-state index contributed by atoms with van der Waals surface area (Å²) in [4.78, 5) is 25.3. The van der Waals surface area contributed by atoms with E-state index >= 15 is 0 Å². The number of carbonyl (C=O) groups excluding carboxylic acids is 1. The molecule has 0 aromatic heterocycles. The maximum absolute atomic E-state index is 12.9. The SMILES string of the molecule is CCCCCCCCCCC/C=C\C/C=C\CCCCCCCCCCCCCCCCCC(=O)NC(COP(=O)([O-])OCC[N+](C)(C)C)C(O)CCCCCCCCCCC. The third-order valence-electron chi connectivity index (χ3n) is 12.2. The van der Waals surface area contributed by atoms with Crippen LogP contribution in [0.1, 0.15) is 258 Å². The highest BCUT2D eigenvalue weighted by Crippen LogP contribution is 2.38. The van der Waals surface area contributed by atoms with E-state index in [1.54, 1.807) is 0 Å². The number of carbonyl (C=O) groups is 1. The van der Waals surface area contributed by atoms with Gasteiger partial charge in [0.15, 0.2) is 0 Å². The van der Waals surface area contributed by atoms with E-state index in [9.17, 15) is 19.4 Å². The average Bonchev–Trinajstić information content (AvgIpc) is 3.23. The molecule has 0 fully saturated rings. The monoisotopic (exact) mass is 897 g/mol. The molecular formula is C53H105N2O6P. The largest absolute Gasteiger partial charge is 0.756 e. The van der Waals surface area contributed by atoms with Gasteiger partial charge in [-0.05, 0) is 44.9 Å². The van der Waals surface area contributed by atoms with Gasteiger partial charge in [-0.2, -0.15) is 0 Å². The third kappa shape index (κ3) is 47.0. The summed E-state index contributed by atoms with van der Waals surface area (Å²) in [6.07, 6.45) is 55.1. The second kappa shape index (κ2) is 45.1. The molecule has 0 aliphatic rings. The molecule has 2 N–H and O–H groups in total. The van der Waals surface area contributed by atoms with E-state index in [0.717, 1.165) is 44.9 Å². The van der Waals surface area contributed by atoms with Gasteiger partial charge in [0, 0.05) is 6.42 Å². The average molecular weight is 897 g/mol. The van der Waals surface area contributed by atoms with E-state index in [2.05, 4.69) is 43.5 Å². The first-order valence-electron chi connectivity index (χ1n) is 26.7. The second-order valence-corrected chi connectivity index (χ2v) is 21.0. The van der Waals surface area contributed by atoms with Crippen molar-refractivity contribution in [1.82, 2.24) is 5.32 Å². The van der Waals surface area contributed by atoms with E-state index in [1.807, 2.05) is 21.1 Å². The number of phosphoric acid groups is 1. The molecule has 3 atom stereocenters. The van der Waals surface area contributed by atoms with Gasteiger partial charge >= 0.3 is 0 Å². The summed E-state index contributed by atoms with van der Waals surface area (Å²) in [5, 5.41) is 13.9. The van der Waals surface area contributed by atoms with Crippen molar-refractivity contribution in [3.63, 3.8) is 0 Å². The van der Waals surface area contributed by atoms with E-state index in [-0.39, 0.29) is 19.1 Å². The predicted molar refractivity (Wildman–Crippen MR) is 265 cm³/mol. The molecule has 8 nitrogen and oxygen atoms in total. The molecule has 0 saturated carbocycles. The van der Waals surface area contributed by atoms with Gasteiger partial charge in [-0.1, -0.05) is 231 Å². The first kappa shape index (κ1) is 61.0. The minimum absolute atomic E-state index is 0.0133. The van der Waals surface area contributed by atoms with Crippen molar-refractivity contribution in [3.05, 3.63) is 24.3 Å². The lowest BCUT2D eigenvalue weighted by Gasteiger charge is -2.30. The second-order valence-electron chi connectivity index (χ2n) is 19.6. The lowest BCUT2D eigenvalue weighted by atomic mass is 10.0. The summed E-state index contributed by atoms with van der Waals surface area (Å²) in [6.45, 7) is 4.71. The highest BCUT2D eigenvalue weighted by Gasteiger charge is 2.24. The van der Waals surface area contributed by atoms with Crippen molar-refractivity contribution >= 4 is 13.7 Å². The molecule has 0 rings (SSSR count). The lowest BCUT2D eigenvalue weighted by Crippen LogP contribution is -2.46. The lowest BCUT2D eigenvalue weighted by molar-refractivity contribution is -0.870. The number of aliphatic hydroxyl groups excluding tert-OH is 1. The summed E-state index contributed by atoms with van der Waals surface area (Å²) >= 11 is 0. The summed E-state index contributed by atoms with van der Waals surface area (Å²) in [7, 11) is 1.31. The van der Waals surface area contributed by atoms with Crippen LogP contribution in [0.25, 0.3) is 0 Å². The van der Waals surface area contributed by atoms with Crippen molar-refractivity contribution in [2.24, 2.45) is 0 Å². The number of quaternary nitrogens is 1. The van der Waals surface area contributed by atoms with Gasteiger partial charge in [-0.25, -0.2) is 0 Å². The fourth-order valence-corrected chi connectivity index (χ4v) is 8.68. The minimum Gasteiger partial charge on any atom is -0.756 e. The molecule has 0 aromatic rings. The maximum Gasteiger partial charge on any atom is 0.268 e. The molecule has 1 amide bonds. The van der Waals surface area contributed by atoms with Crippen LogP contribution in [0.5, 0.6) is 0 Å². The summed E-state index contributed by atoms with van der Waals surface area (Å²) in [6, 6.07) is -0.796. The van der Waals surface area contributed by atoms with Crippen LogP contribution in [0.2, 0.25) is 0 Å². The van der Waals surface area contributed by atoms with Crippen LogP contribution in [0, 0.1) is 0 Å². The Kier molecular flexibility index (Phi) is 44.4. The summed E-state index contributed by atoms with van der Waals surface area (Å²) in [5.74, 6) is -0.165. The molecule has 0 spiro atoms. The summed E-state index contributed by atoms with van der Waals surface area (Å²) < 4.78 is 23.3. The van der Waals surface area contributed by atoms with Crippen molar-refractivity contribution < 1.29 is 32.9 Å². The Morgan fingerprint density at radius 1 is 0.565 bits per heavy atom. The molecule has 62 heavy (non-hydrogen) atoms. The number of phosphoric ester groups is 1. The number of allylic oxidation sites excluding steroid dienone is 4. The van der Waals surface area contributed by atoms with Gasteiger partial charge in [0.25, 0.3) is 7.82 Å². The number of aliphatic hydroxyl groups is 1. The third-order valence-corrected chi connectivity index (χ3v) is 13.2. The maximum atomic E-state index is 12.9. The number of nitrogens with one attached hydrogen (secondary N) is 1. The Hall–Kier alpha value is -1.02. The Balaban J connectivity index is 3.95. The topological polar surface area (TPSA) is 108 Å². The van der Waals surface area contributed by atoms with Crippen LogP contribution >= 0.6 is 7.82 Å². The van der Waals surface area contributed by atoms with Crippen LogP contribution < -0.4 is 10.2 Å². The number of amides is 1. The molecule has 0 radical (unpaired) electrons. The van der Waals surface area contributed by atoms with Crippen molar-refractivity contribution in [2.75, 3.05) is 40.9 Å². The van der Waals surface area contributed by atoms with Crippen molar-refractivity contribution in [1.29, 1.82) is 0 Å². The number of hydrogen-bond acceptors (Lipinski definition) is 6. The predicted octanol–water partition coefficient (Wildman–Crippen LogP) is 15.0. The van der Waals surface area contributed by atoms with E-state index in [0.29, 0.717) is 23.9 Å². The molecule has 0 aliphatic heterocycles. The normalized spacial score (nSPS) is 14.2. The van der Waals surface area contributed by atoms with Crippen LogP contribution in [0.3, 0.4) is 0 Å². The van der Waals surface area contributed by atoms with Gasteiger partial charge in [-0.3, -0.25) is 9.36 Å². The van der Waals surface area contributed by atoms with E-state index in [4.69, 9.17) is 9.05 Å². The van der Waals surface area contributed by atoms with E-state index in [1.165, 1.54) is 186 Å². The Morgan fingerprint density at radius 2 is 0.935 bits per heavy atom. The fraction of sp³-hybridized carbons (Fsp3) is 0.906. The zero-order valence-corrected chi connectivity index (χ0v) is 42.7. The highest BCUT2D eigenvalue weighted by molar-refractivity contribution is 7.45. The van der Waals surface area contributed by atoms with Crippen molar-refractivity contribution in [2.45, 2.75) is 270 Å². The zero-order valence-electron chi connectivity index (χ0n) is 41.8. The van der Waals surface area contributed by atoms with E-state index < -0.39 is 20.0 Å². The first-order chi connectivity index (χ1) is 30.0. The number of rotatable bonds is 49. The quantitative estimate of drug-likeness (QED) is 0.0273. The molecular weight excluding hydrogens is 792 g/mol. The van der Waals surface area contributed by atoms with Gasteiger partial charge in [0.05, 0.1) is 39.9 Å². The first-order valence-corrected chi connectivity index (χ1v) is 28.1. The smallest absolute Gasteiger partial charge is 0.268 e. The van der Waals surface area contributed by atoms with Gasteiger partial charge < -0.3 is 28.8 Å². The minimum atomic E-state index is -4.56. The molecule has 3 unspecified atom stereocenters. The van der Waals surface area contributed by atoms with Crippen LogP contribution in [0.15, 0.2) is 24.3 Å². The summed E-state index contributed by atoms with van der Waals surface area (Å²) in [5.41, 5.74) is 0. The van der Waals surface area contributed by atoms with Crippen LogP contribution in [-0.4, -0.2) is 68.5 Å². The van der Waals surface area contributed by atoms with Crippen molar-refractivity contribution in [3.8, 4) is 0 Å². The fourth-order valence-electron chi connectivity index (χ4n) is 7.95. The Bertz CT molecular complexity index is 1060. The Labute approximate surface area is 385 Å². The van der Waals surface area contributed by atoms with Gasteiger partial charge in [-0.15, -0.1) is 0 Å². The van der Waals surface area contributed by atoms with Gasteiger partial charge in [0.2, 0.25) is 5.91 Å². The number of unbranched alkanes of at least 4 members (excludes halogenated alkanes) is 32. The number of likely N-dealkylation sites (N-methyl/N-ethyl adjacent to an activating group) is 1. The van der Waals surface area contributed by atoms with Crippen LogP contribution in [-0.2, 0) is 18.4 Å². The molecule has 9 heteroatoms. The molecule has 368 valence electrons. The highest BCUT2D eigenvalue weighted by atomic mass is 31.2. The molecule has 0 saturated heterocycles. The molecule has 0 aromatic carbocycles. The molecule has 0 heterocycles. The molecule has 0 aliphatic carbocycles. The van der Waals surface area contributed by atoms with Gasteiger partial charge in [0.1, 0.15) is 13.2 Å². The number of hydrogen-bond donors (Lipinski definition) is 2. The number of nitrogens with zero attached hydrogens (tertiary/aromatic N) is 1. The Morgan fingerprint density at radius 3 is 1.34 bits per heavy atom. The zero-order chi connectivity index (χ0) is 45.7.